The van der Waals surface area contributed by atoms with Crippen LogP contribution in [-0.2, 0) is 0 Å². The molecular formula is C24H14Cl3NO3. The lowest BCUT2D eigenvalue weighted by Gasteiger charge is -2.10. The Morgan fingerprint density at radius 1 is 0.774 bits per heavy atom. The van der Waals surface area contributed by atoms with Gasteiger partial charge in [0, 0.05) is 26.7 Å². The van der Waals surface area contributed by atoms with Gasteiger partial charge in [0.05, 0.1) is 10.7 Å². The number of ketones is 1. The van der Waals surface area contributed by atoms with E-state index in [2.05, 4.69) is 5.32 Å². The Bertz CT molecular complexity index is 1280. The minimum absolute atomic E-state index is 0.0640. The van der Waals surface area contributed by atoms with Crippen molar-refractivity contribution in [2.75, 3.05) is 5.32 Å². The van der Waals surface area contributed by atoms with Crippen molar-refractivity contribution >= 4 is 52.2 Å². The summed E-state index contributed by atoms with van der Waals surface area (Å²) < 4.78 is 5.68. The van der Waals surface area contributed by atoms with Crippen LogP contribution in [0.3, 0.4) is 0 Å². The molecule has 0 unspecified atom stereocenters. The first-order chi connectivity index (χ1) is 14.9. The number of rotatable bonds is 5. The molecule has 0 aliphatic heterocycles. The summed E-state index contributed by atoms with van der Waals surface area (Å²) in [4.78, 5) is 25.7. The zero-order valence-electron chi connectivity index (χ0n) is 15.9. The monoisotopic (exact) mass is 469 g/mol. The van der Waals surface area contributed by atoms with Crippen LogP contribution in [0, 0.1) is 0 Å². The van der Waals surface area contributed by atoms with Crippen molar-refractivity contribution in [3.05, 3.63) is 111 Å². The predicted molar refractivity (Wildman–Crippen MR) is 123 cm³/mol. The Kier molecular flexibility index (Phi) is 6.14. The summed E-state index contributed by atoms with van der Waals surface area (Å²) in [6, 6.07) is 21.6. The SMILES string of the molecule is O=C(Nc1ccc(Cl)cc1C(=O)c1ccccc1)c1ccc(-c2ccc(Cl)cc2Cl)o1. The summed E-state index contributed by atoms with van der Waals surface area (Å²) in [5.74, 6) is -0.287. The number of nitrogens with one attached hydrogen (secondary N) is 1. The van der Waals surface area contributed by atoms with Crippen molar-refractivity contribution in [2.45, 2.75) is 0 Å². The van der Waals surface area contributed by atoms with Gasteiger partial charge in [-0.2, -0.15) is 0 Å². The number of furan rings is 1. The normalized spacial score (nSPS) is 10.7. The highest BCUT2D eigenvalue weighted by atomic mass is 35.5. The minimum atomic E-state index is -0.513. The van der Waals surface area contributed by atoms with Gasteiger partial charge in [0.15, 0.2) is 11.5 Å². The van der Waals surface area contributed by atoms with Crippen LogP contribution in [0.2, 0.25) is 15.1 Å². The van der Waals surface area contributed by atoms with Crippen LogP contribution in [0.1, 0.15) is 26.5 Å². The molecule has 1 amide bonds. The first-order valence-corrected chi connectivity index (χ1v) is 10.3. The number of amides is 1. The van der Waals surface area contributed by atoms with Crippen molar-refractivity contribution in [3.63, 3.8) is 0 Å². The highest BCUT2D eigenvalue weighted by molar-refractivity contribution is 6.36. The molecule has 1 aromatic heterocycles. The Labute approximate surface area is 193 Å². The molecule has 4 aromatic rings. The molecule has 0 atom stereocenters. The quantitative estimate of drug-likeness (QED) is 0.309. The molecule has 3 aromatic carbocycles. The van der Waals surface area contributed by atoms with Gasteiger partial charge < -0.3 is 9.73 Å². The average molecular weight is 471 g/mol. The molecule has 4 nitrogen and oxygen atoms in total. The topological polar surface area (TPSA) is 59.3 Å². The lowest BCUT2D eigenvalue weighted by Crippen LogP contribution is -2.14. The maximum atomic E-state index is 12.9. The van der Waals surface area contributed by atoms with Crippen LogP contribution in [-0.4, -0.2) is 11.7 Å². The lowest BCUT2D eigenvalue weighted by atomic mass is 10.0. The van der Waals surface area contributed by atoms with Crippen LogP contribution < -0.4 is 5.32 Å². The van der Waals surface area contributed by atoms with Crippen molar-refractivity contribution in [2.24, 2.45) is 0 Å². The van der Waals surface area contributed by atoms with E-state index in [1.54, 1.807) is 60.7 Å². The fourth-order valence-corrected chi connectivity index (χ4v) is 3.71. The number of hydrogen-bond acceptors (Lipinski definition) is 3. The average Bonchev–Trinajstić information content (AvgIpc) is 3.25. The number of carbonyl (C=O) groups is 2. The Balaban J connectivity index is 1.61. The number of benzene rings is 3. The highest BCUT2D eigenvalue weighted by Gasteiger charge is 2.19. The molecule has 0 spiro atoms. The van der Waals surface area contributed by atoms with Crippen LogP contribution in [0.4, 0.5) is 5.69 Å². The molecule has 1 N–H and O–H groups in total. The van der Waals surface area contributed by atoms with E-state index in [4.69, 9.17) is 39.2 Å². The molecule has 0 aliphatic rings. The fraction of sp³-hybridized carbons (Fsp3) is 0. The van der Waals surface area contributed by atoms with E-state index >= 15 is 0 Å². The van der Waals surface area contributed by atoms with E-state index in [1.807, 2.05) is 6.07 Å². The Morgan fingerprint density at radius 2 is 1.48 bits per heavy atom. The molecule has 7 heteroatoms. The third kappa shape index (κ3) is 4.67. The van der Waals surface area contributed by atoms with Gasteiger partial charge in [-0.3, -0.25) is 9.59 Å². The van der Waals surface area contributed by atoms with Gasteiger partial charge in [0.25, 0.3) is 5.91 Å². The molecule has 154 valence electrons. The third-order valence-electron chi connectivity index (χ3n) is 4.54. The number of halogens is 3. The Morgan fingerprint density at radius 3 is 2.23 bits per heavy atom. The van der Waals surface area contributed by atoms with Crippen LogP contribution in [0.5, 0.6) is 0 Å². The van der Waals surface area contributed by atoms with E-state index in [1.165, 1.54) is 12.1 Å². The summed E-state index contributed by atoms with van der Waals surface area (Å²) in [6.45, 7) is 0. The van der Waals surface area contributed by atoms with Gasteiger partial charge in [0.2, 0.25) is 0 Å². The first kappa shape index (κ1) is 21.2. The molecule has 31 heavy (non-hydrogen) atoms. The zero-order chi connectivity index (χ0) is 22.0. The van der Waals surface area contributed by atoms with Gasteiger partial charge in [-0.05, 0) is 48.5 Å². The molecule has 0 bridgehead atoms. The molecule has 0 saturated carbocycles. The summed E-state index contributed by atoms with van der Waals surface area (Å²) in [5.41, 5.74) is 1.69. The summed E-state index contributed by atoms with van der Waals surface area (Å²) in [7, 11) is 0. The van der Waals surface area contributed by atoms with Crippen molar-refractivity contribution < 1.29 is 14.0 Å². The van der Waals surface area contributed by atoms with E-state index in [0.717, 1.165) is 0 Å². The van der Waals surface area contributed by atoms with E-state index < -0.39 is 5.91 Å². The molecular weight excluding hydrogens is 457 g/mol. The molecule has 0 aliphatic carbocycles. The second-order valence-electron chi connectivity index (χ2n) is 6.63. The van der Waals surface area contributed by atoms with E-state index in [9.17, 15) is 9.59 Å². The van der Waals surface area contributed by atoms with Gasteiger partial charge >= 0.3 is 0 Å². The number of anilines is 1. The smallest absolute Gasteiger partial charge is 0.291 e. The molecule has 0 radical (unpaired) electrons. The second-order valence-corrected chi connectivity index (χ2v) is 7.91. The maximum Gasteiger partial charge on any atom is 0.291 e. The fourth-order valence-electron chi connectivity index (χ4n) is 3.04. The first-order valence-electron chi connectivity index (χ1n) is 9.18. The van der Waals surface area contributed by atoms with Gasteiger partial charge in [-0.15, -0.1) is 0 Å². The summed E-state index contributed by atoms with van der Waals surface area (Å²) in [5, 5.41) is 4.01. The molecule has 0 saturated heterocycles. The van der Waals surface area contributed by atoms with E-state index in [0.29, 0.717) is 37.6 Å². The lowest BCUT2D eigenvalue weighted by molar-refractivity contribution is 0.0997. The third-order valence-corrected chi connectivity index (χ3v) is 5.32. The van der Waals surface area contributed by atoms with Crippen molar-refractivity contribution in [3.8, 4) is 11.3 Å². The van der Waals surface area contributed by atoms with Gasteiger partial charge in [-0.1, -0.05) is 65.1 Å². The highest BCUT2D eigenvalue weighted by Crippen LogP contribution is 2.32. The molecule has 1 heterocycles. The van der Waals surface area contributed by atoms with Crippen LogP contribution in [0.25, 0.3) is 11.3 Å². The molecule has 4 rings (SSSR count). The van der Waals surface area contributed by atoms with Crippen LogP contribution >= 0.6 is 34.8 Å². The van der Waals surface area contributed by atoms with Crippen LogP contribution in [0.15, 0.2) is 83.3 Å². The maximum absolute atomic E-state index is 12.9. The van der Waals surface area contributed by atoms with Crippen molar-refractivity contribution in [1.82, 2.24) is 0 Å². The minimum Gasteiger partial charge on any atom is -0.451 e. The number of carbonyl (C=O) groups excluding carboxylic acids is 2. The summed E-state index contributed by atoms with van der Waals surface area (Å²) >= 11 is 18.2. The standard InChI is InChI=1S/C24H14Cl3NO3/c25-15-7-9-20(18(12-15)23(29)14-4-2-1-3-5-14)28-24(30)22-11-10-21(31-22)17-8-6-16(26)13-19(17)27/h1-13H,(H,28,30). The van der Waals surface area contributed by atoms with E-state index in [-0.39, 0.29) is 17.1 Å². The largest absolute Gasteiger partial charge is 0.451 e. The number of hydrogen-bond donors (Lipinski definition) is 1. The molecule has 0 fully saturated rings. The second kappa shape index (κ2) is 8.98. The van der Waals surface area contributed by atoms with Gasteiger partial charge in [-0.25, -0.2) is 0 Å². The summed E-state index contributed by atoms with van der Waals surface area (Å²) in [6.07, 6.45) is 0. The Hall–Kier alpha value is -3.05. The van der Waals surface area contributed by atoms with Crippen molar-refractivity contribution in [1.29, 1.82) is 0 Å². The predicted octanol–water partition coefficient (Wildman–Crippen LogP) is 7.39. The van der Waals surface area contributed by atoms with Gasteiger partial charge in [0.1, 0.15) is 5.76 Å². The zero-order valence-corrected chi connectivity index (χ0v) is 18.1.